The molecule has 3 heteroatoms. The summed E-state index contributed by atoms with van der Waals surface area (Å²) in [6.45, 7) is 4.67. The number of hydrogen-bond acceptors (Lipinski definition) is 3. The zero-order valence-electron chi connectivity index (χ0n) is 30.7. The van der Waals surface area contributed by atoms with Crippen molar-refractivity contribution in [3.05, 3.63) is 169 Å². The van der Waals surface area contributed by atoms with Crippen molar-refractivity contribution in [2.45, 2.75) is 19.3 Å². The van der Waals surface area contributed by atoms with Crippen molar-refractivity contribution in [2.75, 3.05) is 0 Å². The average molecular weight is 717 g/mol. The Kier molecular flexibility index (Phi) is 5.70. The highest BCUT2D eigenvalue weighted by molar-refractivity contribution is 6.27. The fraction of sp³-hybridized carbons (Fsp3) is 0.0566. The summed E-state index contributed by atoms with van der Waals surface area (Å²) in [6, 6.07) is 56.8. The molecule has 262 valence electrons. The van der Waals surface area contributed by atoms with Crippen molar-refractivity contribution in [1.82, 2.24) is 0 Å². The van der Waals surface area contributed by atoms with Crippen molar-refractivity contribution < 1.29 is 13.3 Å². The lowest BCUT2D eigenvalue weighted by atomic mass is 9.82. The zero-order valence-corrected chi connectivity index (χ0v) is 30.7. The number of furan rings is 3. The highest BCUT2D eigenvalue weighted by Crippen LogP contribution is 2.54. The molecular formula is C53H32O3. The van der Waals surface area contributed by atoms with Crippen LogP contribution in [0.15, 0.2) is 171 Å². The topological polar surface area (TPSA) is 39.4 Å². The first kappa shape index (κ1) is 30.3. The highest BCUT2D eigenvalue weighted by atomic mass is 16.3. The van der Waals surface area contributed by atoms with Crippen LogP contribution in [0.3, 0.4) is 0 Å². The van der Waals surface area contributed by atoms with Gasteiger partial charge in [0.25, 0.3) is 0 Å². The van der Waals surface area contributed by atoms with Crippen LogP contribution in [0.2, 0.25) is 0 Å². The first-order chi connectivity index (χ1) is 27.5. The van der Waals surface area contributed by atoms with Crippen LogP contribution in [-0.2, 0) is 5.41 Å². The highest BCUT2D eigenvalue weighted by Gasteiger charge is 2.37. The van der Waals surface area contributed by atoms with Gasteiger partial charge in [-0.3, -0.25) is 0 Å². The van der Waals surface area contributed by atoms with Crippen molar-refractivity contribution in [1.29, 1.82) is 0 Å². The molecule has 12 aromatic rings. The molecule has 1 aliphatic rings. The van der Waals surface area contributed by atoms with Crippen molar-refractivity contribution >= 4 is 87.4 Å². The molecule has 1 aliphatic carbocycles. The molecule has 0 amide bonds. The zero-order chi connectivity index (χ0) is 36.9. The molecule has 3 heterocycles. The summed E-state index contributed by atoms with van der Waals surface area (Å²) in [5, 5.41) is 11.6. The van der Waals surface area contributed by atoms with Crippen LogP contribution < -0.4 is 0 Å². The molecule has 0 saturated heterocycles. The van der Waals surface area contributed by atoms with Gasteiger partial charge in [-0.25, -0.2) is 0 Å². The van der Waals surface area contributed by atoms with Gasteiger partial charge < -0.3 is 13.3 Å². The molecule has 13 rings (SSSR count). The van der Waals surface area contributed by atoms with Crippen LogP contribution in [0, 0.1) is 0 Å². The van der Waals surface area contributed by atoms with E-state index in [1.807, 2.05) is 24.3 Å². The first-order valence-electron chi connectivity index (χ1n) is 19.3. The predicted octanol–water partition coefficient (Wildman–Crippen LogP) is 15.3. The first-order valence-corrected chi connectivity index (χ1v) is 19.3. The molecule has 0 saturated carbocycles. The van der Waals surface area contributed by atoms with Crippen molar-refractivity contribution in [2.24, 2.45) is 0 Å². The second-order valence-corrected chi connectivity index (χ2v) is 15.9. The fourth-order valence-corrected chi connectivity index (χ4v) is 10.2. The number of hydrogen-bond donors (Lipinski definition) is 0. The third-order valence-electron chi connectivity index (χ3n) is 12.7. The Morgan fingerprint density at radius 1 is 0.321 bits per heavy atom. The van der Waals surface area contributed by atoms with Gasteiger partial charge in [0.1, 0.15) is 33.5 Å². The van der Waals surface area contributed by atoms with E-state index < -0.39 is 0 Å². The van der Waals surface area contributed by atoms with Gasteiger partial charge in [0.05, 0.1) is 0 Å². The number of fused-ring (bicyclic) bond motifs is 16. The third-order valence-corrected chi connectivity index (χ3v) is 12.7. The Morgan fingerprint density at radius 3 is 1.36 bits per heavy atom. The summed E-state index contributed by atoms with van der Waals surface area (Å²) in [7, 11) is 0. The average Bonchev–Trinajstić information content (AvgIpc) is 3.97. The van der Waals surface area contributed by atoms with Gasteiger partial charge in [-0.05, 0) is 115 Å². The Bertz CT molecular complexity index is 3620. The molecule has 0 unspecified atom stereocenters. The van der Waals surface area contributed by atoms with Crippen LogP contribution in [0.4, 0.5) is 0 Å². The number of benzene rings is 9. The maximum Gasteiger partial charge on any atom is 0.136 e. The third kappa shape index (κ3) is 3.82. The minimum Gasteiger partial charge on any atom is -0.456 e. The van der Waals surface area contributed by atoms with Gasteiger partial charge in [0.15, 0.2) is 0 Å². The molecule has 3 nitrogen and oxygen atoms in total. The second kappa shape index (κ2) is 10.6. The lowest BCUT2D eigenvalue weighted by Gasteiger charge is -2.21. The predicted molar refractivity (Wildman–Crippen MR) is 232 cm³/mol. The summed E-state index contributed by atoms with van der Waals surface area (Å²) in [4.78, 5) is 0. The fourth-order valence-electron chi connectivity index (χ4n) is 10.2. The maximum atomic E-state index is 6.59. The molecule has 0 aliphatic heterocycles. The van der Waals surface area contributed by atoms with Gasteiger partial charge in [0, 0.05) is 37.7 Å². The Balaban J connectivity index is 1.09. The summed E-state index contributed by atoms with van der Waals surface area (Å²) < 4.78 is 19.4. The molecule has 9 aromatic carbocycles. The van der Waals surface area contributed by atoms with Crippen LogP contribution in [0.25, 0.3) is 121 Å². The van der Waals surface area contributed by atoms with E-state index in [0.717, 1.165) is 66.0 Å². The van der Waals surface area contributed by atoms with E-state index in [9.17, 15) is 0 Å². The molecule has 0 spiro atoms. The van der Waals surface area contributed by atoms with Gasteiger partial charge in [-0.2, -0.15) is 0 Å². The molecule has 56 heavy (non-hydrogen) atoms. The number of rotatable bonds is 2. The number of para-hydroxylation sites is 1. The minimum atomic E-state index is -0.0897. The molecule has 0 bridgehead atoms. The van der Waals surface area contributed by atoms with Crippen molar-refractivity contribution in [3.63, 3.8) is 0 Å². The quantitative estimate of drug-likeness (QED) is 0.167. The molecule has 0 atom stereocenters. The van der Waals surface area contributed by atoms with Gasteiger partial charge >= 0.3 is 0 Å². The van der Waals surface area contributed by atoms with E-state index in [1.54, 1.807) is 0 Å². The van der Waals surface area contributed by atoms with Gasteiger partial charge in [-0.15, -0.1) is 0 Å². The van der Waals surface area contributed by atoms with E-state index in [0.29, 0.717) is 0 Å². The van der Waals surface area contributed by atoms with E-state index >= 15 is 0 Å². The van der Waals surface area contributed by atoms with Crippen LogP contribution >= 0.6 is 0 Å². The maximum absolute atomic E-state index is 6.59. The van der Waals surface area contributed by atoms with Crippen LogP contribution in [0.1, 0.15) is 25.0 Å². The second-order valence-electron chi connectivity index (χ2n) is 15.9. The molecule has 3 aromatic heterocycles. The Labute approximate surface area is 321 Å². The molecular weight excluding hydrogens is 685 g/mol. The standard InChI is InChI=1S/C53H32O3/c1-53(2)39-17-9-7-15-35(39)49-40(53)21-24-44-51(49)37-27-29(19-22-42(37)55-44)47-31-11-3-5-13-33(31)48(34-14-6-4-12-32(34)47)30-20-23-43-38(28-30)52-46(56-43)26-25-45-50(52)36-16-8-10-18-41(36)54-45/h3-28H,1-2H3. The lowest BCUT2D eigenvalue weighted by Crippen LogP contribution is -2.14. The van der Waals surface area contributed by atoms with E-state index in [1.165, 1.54) is 65.9 Å². The van der Waals surface area contributed by atoms with Gasteiger partial charge in [-0.1, -0.05) is 123 Å². The Hall–Kier alpha value is -7.10. The molecule has 0 fully saturated rings. The smallest absolute Gasteiger partial charge is 0.136 e. The summed E-state index contributed by atoms with van der Waals surface area (Å²) in [5.41, 5.74) is 15.3. The summed E-state index contributed by atoms with van der Waals surface area (Å²) >= 11 is 0. The van der Waals surface area contributed by atoms with E-state index in [-0.39, 0.29) is 5.41 Å². The van der Waals surface area contributed by atoms with Gasteiger partial charge in [0.2, 0.25) is 0 Å². The Morgan fingerprint density at radius 2 is 0.750 bits per heavy atom. The molecule has 0 radical (unpaired) electrons. The van der Waals surface area contributed by atoms with E-state index in [4.69, 9.17) is 13.3 Å². The molecule has 0 N–H and O–H groups in total. The van der Waals surface area contributed by atoms with E-state index in [2.05, 4.69) is 147 Å². The monoisotopic (exact) mass is 716 g/mol. The summed E-state index contributed by atoms with van der Waals surface area (Å²) in [6.07, 6.45) is 0. The largest absolute Gasteiger partial charge is 0.456 e. The summed E-state index contributed by atoms with van der Waals surface area (Å²) in [5.74, 6) is 0. The minimum absolute atomic E-state index is 0.0897. The van der Waals surface area contributed by atoms with Crippen LogP contribution in [-0.4, -0.2) is 0 Å². The van der Waals surface area contributed by atoms with Crippen molar-refractivity contribution in [3.8, 4) is 33.4 Å². The lowest BCUT2D eigenvalue weighted by molar-refractivity contribution is 0.656. The van der Waals surface area contributed by atoms with Crippen LogP contribution in [0.5, 0.6) is 0 Å². The SMILES string of the molecule is CC1(C)c2ccccc2-c2c1ccc1oc3ccc(-c4c5ccccc5c(-c5ccc6oc7ccc8oc9ccccc9c8c7c6c5)c5ccccc45)cc3c21. The normalized spacial score (nSPS) is 13.7.